The predicted octanol–water partition coefficient (Wildman–Crippen LogP) is 2.88. The molecule has 0 aliphatic carbocycles. The van der Waals surface area contributed by atoms with Crippen molar-refractivity contribution in [3.05, 3.63) is 40.0 Å². The monoisotopic (exact) mass is 417 g/mol. The first-order valence-corrected chi connectivity index (χ1v) is 10.4. The van der Waals surface area contributed by atoms with Crippen LogP contribution in [0.25, 0.3) is 0 Å². The summed E-state index contributed by atoms with van der Waals surface area (Å²) in [4.78, 5) is 12.2. The minimum atomic E-state index is -3.06. The molecule has 1 saturated heterocycles. The van der Waals surface area contributed by atoms with E-state index in [1.807, 2.05) is 0 Å². The number of nitrogens with one attached hydrogen (secondary N) is 1. The zero-order valence-electron chi connectivity index (χ0n) is 13.9. The lowest BCUT2D eigenvalue weighted by atomic mass is 10.3. The Hall–Kier alpha value is -1.77. The lowest BCUT2D eigenvalue weighted by Crippen LogP contribution is -2.23. The number of hydrogen-bond acceptors (Lipinski definition) is 5. The van der Waals surface area contributed by atoms with Crippen LogP contribution in [0.5, 0.6) is 5.75 Å². The van der Waals surface area contributed by atoms with Crippen LogP contribution < -0.4 is 10.1 Å². The summed E-state index contributed by atoms with van der Waals surface area (Å²) in [6.07, 6.45) is 0.476. The second kappa shape index (κ2) is 7.46. The van der Waals surface area contributed by atoms with E-state index in [1.54, 1.807) is 35.9 Å². The predicted molar refractivity (Wildman–Crippen MR) is 99.9 cm³/mol. The number of carbonyl (C=O) groups is 1. The van der Waals surface area contributed by atoms with Crippen LogP contribution in [0.15, 0.2) is 24.3 Å². The Labute approximate surface area is 161 Å². The van der Waals surface area contributed by atoms with Gasteiger partial charge in [-0.05, 0) is 31.5 Å². The molecule has 1 unspecified atom stereocenters. The van der Waals surface area contributed by atoms with E-state index in [4.69, 9.17) is 27.9 Å². The van der Waals surface area contributed by atoms with Gasteiger partial charge in [0, 0.05) is 16.1 Å². The van der Waals surface area contributed by atoms with Gasteiger partial charge in [0.15, 0.2) is 16.4 Å². The van der Waals surface area contributed by atoms with Gasteiger partial charge < -0.3 is 10.1 Å². The number of sulfone groups is 1. The molecule has 0 saturated carbocycles. The zero-order valence-corrected chi connectivity index (χ0v) is 16.2. The summed E-state index contributed by atoms with van der Waals surface area (Å²) in [6, 6.07) is 6.08. The van der Waals surface area contributed by atoms with Crippen LogP contribution in [0.4, 0.5) is 5.82 Å². The van der Waals surface area contributed by atoms with Crippen LogP contribution in [0.3, 0.4) is 0 Å². The largest absolute Gasteiger partial charge is 0.484 e. The Kier molecular flexibility index (Phi) is 5.45. The number of amides is 1. The lowest BCUT2D eigenvalue weighted by molar-refractivity contribution is -0.118. The van der Waals surface area contributed by atoms with Gasteiger partial charge in [-0.2, -0.15) is 5.10 Å². The maximum Gasteiger partial charge on any atom is 0.263 e. The maximum absolute atomic E-state index is 12.2. The fourth-order valence-electron chi connectivity index (χ4n) is 2.80. The molecular formula is C16H17Cl2N3O4S. The van der Waals surface area contributed by atoms with E-state index < -0.39 is 15.7 Å². The van der Waals surface area contributed by atoms with Crippen LogP contribution in [-0.4, -0.2) is 42.2 Å². The molecule has 26 heavy (non-hydrogen) atoms. The highest BCUT2D eigenvalue weighted by Crippen LogP contribution is 2.27. The Balaban J connectivity index is 1.66. The average molecular weight is 418 g/mol. The van der Waals surface area contributed by atoms with Crippen LogP contribution >= 0.6 is 23.2 Å². The summed E-state index contributed by atoms with van der Waals surface area (Å²) in [5, 5.41) is 7.84. The Morgan fingerprint density at radius 3 is 2.62 bits per heavy atom. The van der Waals surface area contributed by atoms with Gasteiger partial charge in [0.05, 0.1) is 23.2 Å². The summed E-state index contributed by atoms with van der Waals surface area (Å²) in [7, 11) is -3.06. The molecule has 0 bridgehead atoms. The van der Waals surface area contributed by atoms with Gasteiger partial charge in [0.25, 0.3) is 5.91 Å². The SMILES string of the molecule is Cc1cc(NC(=O)COc2cc(Cl)cc(Cl)c2)n(C2CCS(=O)(=O)C2)n1. The Morgan fingerprint density at radius 2 is 2.00 bits per heavy atom. The molecule has 1 fully saturated rings. The molecule has 0 radical (unpaired) electrons. The van der Waals surface area contributed by atoms with Crippen molar-refractivity contribution in [1.29, 1.82) is 0 Å². The summed E-state index contributed by atoms with van der Waals surface area (Å²) < 4.78 is 30.4. The van der Waals surface area contributed by atoms with Gasteiger partial charge in [-0.3, -0.25) is 4.79 Å². The van der Waals surface area contributed by atoms with E-state index in [0.717, 1.165) is 0 Å². The second-order valence-corrected chi connectivity index (χ2v) is 9.22. The standard InChI is InChI=1S/C16H17Cl2N3O4S/c1-10-4-15(21(20-10)13-2-3-26(23,24)9-13)19-16(22)8-25-14-6-11(17)5-12(18)7-14/h4-7,13H,2-3,8-9H2,1H3,(H,19,22). The molecule has 2 heterocycles. The van der Waals surface area contributed by atoms with E-state index in [0.29, 0.717) is 33.7 Å². The summed E-state index contributed by atoms with van der Waals surface area (Å²) >= 11 is 11.8. The van der Waals surface area contributed by atoms with Crippen LogP contribution in [0.2, 0.25) is 10.0 Å². The first kappa shape index (κ1) is 19.0. The van der Waals surface area contributed by atoms with Crippen molar-refractivity contribution < 1.29 is 17.9 Å². The number of rotatable bonds is 5. The normalized spacial score (nSPS) is 18.7. The molecule has 140 valence electrons. The second-order valence-electron chi connectivity index (χ2n) is 6.11. The number of benzene rings is 1. The molecule has 1 N–H and O–H groups in total. The highest BCUT2D eigenvalue weighted by molar-refractivity contribution is 7.91. The smallest absolute Gasteiger partial charge is 0.263 e. The van der Waals surface area contributed by atoms with Gasteiger partial charge in [-0.25, -0.2) is 13.1 Å². The minimum absolute atomic E-state index is 0.0223. The zero-order chi connectivity index (χ0) is 18.9. The molecule has 1 atom stereocenters. The van der Waals surface area contributed by atoms with Gasteiger partial charge in [0.1, 0.15) is 11.6 Å². The molecule has 1 aromatic heterocycles. The van der Waals surface area contributed by atoms with Crippen molar-refractivity contribution in [3.8, 4) is 5.75 Å². The summed E-state index contributed by atoms with van der Waals surface area (Å²) in [5.74, 6) is 0.576. The number of hydrogen-bond donors (Lipinski definition) is 1. The number of anilines is 1. The van der Waals surface area contributed by atoms with Crippen LogP contribution in [-0.2, 0) is 14.6 Å². The van der Waals surface area contributed by atoms with Crippen molar-refractivity contribution in [2.45, 2.75) is 19.4 Å². The maximum atomic E-state index is 12.2. The van der Waals surface area contributed by atoms with Gasteiger partial charge in [-0.15, -0.1) is 0 Å². The van der Waals surface area contributed by atoms with Crippen molar-refractivity contribution in [2.75, 3.05) is 23.4 Å². The highest BCUT2D eigenvalue weighted by Gasteiger charge is 2.31. The van der Waals surface area contributed by atoms with Crippen molar-refractivity contribution in [2.24, 2.45) is 0 Å². The fourth-order valence-corrected chi connectivity index (χ4v) is 4.99. The average Bonchev–Trinajstić information content (AvgIpc) is 3.06. The summed E-state index contributed by atoms with van der Waals surface area (Å²) in [5.41, 5.74) is 0.687. The topological polar surface area (TPSA) is 90.3 Å². The molecule has 2 aromatic rings. The molecule has 3 rings (SSSR count). The van der Waals surface area contributed by atoms with Crippen molar-refractivity contribution in [1.82, 2.24) is 9.78 Å². The molecule has 10 heteroatoms. The van der Waals surface area contributed by atoms with E-state index in [1.165, 1.54) is 0 Å². The quantitative estimate of drug-likeness (QED) is 0.807. The number of ether oxygens (including phenoxy) is 1. The van der Waals surface area contributed by atoms with Gasteiger partial charge >= 0.3 is 0 Å². The van der Waals surface area contributed by atoms with Gasteiger partial charge in [0.2, 0.25) is 0 Å². The number of carbonyl (C=O) groups excluding carboxylic acids is 1. The molecule has 7 nitrogen and oxygen atoms in total. The molecule has 1 amide bonds. The molecule has 1 aliphatic rings. The van der Waals surface area contributed by atoms with Crippen molar-refractivity contribution in [3.63, 3.8) is 0 Å². The van der Waals surface area contributed by atoms with Gasteiger partial charge in [-0.1, -0.05) is 23.2 Å². The fraction of sp³-hybridized carbons (Fsp3) is 0.375. The third kappa shape index (κ3) is 4.69. The first-order chi connectivity index (χ1) is 12.2. The van der Waals surface area contributed by atoms with E-state index in [-0.39, 0.29) is 24.2 Å². The van der Waals surface area contributed by atoms with E-state index >= 15 is 0 Å². The van der Waals surface area contributed by atoms with Crippen LogP contribution in [0.1, 0.15) is 18.2 Å². The minimum Gasteiger partial charge on any atom is -0.484 e. The number of aryl methyl sites for hydroxylation is 1. The Morgan fingerprint density at radius 1 is 1.31 bits per heavy atom. The van der Waals surface area contributed by atoms with E-state index in [9.17, 15) is 13.2 Å². The molecule has 1 aromatic carbocycles. The third-order valence-corrected chi connectivity index (χ3v) is 6.07. The molecule has 0 spiro atoms. The highest BCUT2D eigenvalue weighted by atomic mass is 35.5. The summed E-state index contributed by atoms with van der Waals surface area (Å²) in [6.45, 7) is 1.53. The molecule has 1 aliphatic heterocycles. The Bertz CT molecular complexity index is 923. The van der Waals surface area contributed by atoms with Crippen LogP contribution in [0, 0.1) is 6.92 Å². The first-order valence-electron chi connectivity index (χ1n) is 7.87. The molecular weight excluding hydrogens is 401 g/mol. The number of halogens is 2. The number of nitrogens with zero attached hydrogens (tertiary/aromatic N) is 2. The van der Waals surface area contributed by atoms with Crippen molar-refractivity contribution >= 4 is 44.8 Å². The lowest BCUT2D eigenvalue weighted by Gasteiger charge is -2.14. The third-order valence-electron chi connectivity index (χ3n) is 3.89. The number of aromatic nitrogens is 2. The van der Waals surface area contributed by atoms with E-state index in [2.05, 4.69) is 10.4 Å².